The Balaban J connectivity index is 4.50. The smallest absolute Gasteiger partial charge is 0.0313 e. The summed E-state index contributed by atoms with van der Waals surface area (Å²) in [4.78, 5) is 0. The van der Waals surface area contributed by atoms with Gasteiger partial charge in [0.05, 0.1) is 0 Å². The molecule has 0 spiro atoms. The van der Waals surface area contributed by atoms with Crippen LogP contribution in [0.3, 0.4) is 0 Å². The first-order valence-corrected chi connectivity index (χ1v) is 13.5. The van der Waals surface area contributed by atoms with E-state index in [2.05, 4.69) is 165 Å². The lowest BCUT2D eigenvalue weighted by molar-refractivity contribution is 1.03. The van der Waals surface area contributed by atoms with Crippen molar-refractivity contribution in [2.24, 2.45) is 0 Å². The monoisotopic (exact) mass is 506 g/mol. The summed E-state index contributed by atoms with van der Waals surface area (Å²) in [5, 5.41) is 0. The van der Waals surface area contributed by atoms with Gasteiger partial charge in [0.15, 0.2) is 0 Å². The van der Waals surface area contributed by atoms with Gasteiger partial charge in [-0.1, -0.05) is 167 Å². The number of rotatable bonds is 15. The van der Waals surface area contributed by atoms with Gasteiger partial charge in [-0.3, -0.25) is 0 Å². The molecule has 0 amide bonds. The van der Waals surface area contributed by atoms with Crippen molar-refractivity contribution in [3.05, 3.63) is 167 Å². The van der Waals surface area contributed by atoms with Crippen molar-refractivity contribution in [3.8, 4) is 0 Å². The zero-order chi connectivity index (χ0) is 28.4. The van der Waals surface area contributed by atoms with Gasteiger partial charge >= 0.3 is 0 Å². The van der Waals surface area contributed by atoms with E-state index in [4.69, 9.17) is 0 Å². The van der Waals surface area contributed by atoms with Crippen LogP contribution >= 0.6 is 0 Å². The van der Waals surface area contributed by atoms with E-state index in [1.165, 1.54) is 33.4 Å². The predicted molar refractivity (Wildman–Crippen MR) is 176 cm³/mol. The van der Waals surface area contributed by atoms with E-state index in [-0.39, 0.29) is 0 Å². The molecule has 38 heavy (non-hydrogen) atoms. The lowest BCUT2D eigenvalue weighted by Crippen LogP contribution is -1.69. The molecular formula is C38H50. The van der Waals surface area contributed by atoms with Crippen molar-refractivity contribution < 1.29 is 0 Å². The van der Waals surface area contributed by atoms with Crippen molar-refractivity contribution in [2.75, 3.05) is 0 Å². The summed E-state index contributed by atoms with van der Waals surface area (Å²) in [5.41, 5.74) is 7.56. The fourth-order valence-corrected chi connectivity index (χ4v) is 2.84. The minimum atomic E-state index is 1.09. The van der Waals surface area contributed by atoms with Gasteiger partial charge in [0.1, 0.15) is 0 Å². The quantitative estimate of drug-likeness (QED) is 0.118. The summed E-state index contributed by atoms with van der Waals surface area (Å²) in [6.07, 6.45) is 48.5. The molecule has 0 aromatic rings. The van der Waals surface area contributed by atoms with E-state index in [0.29, 0.717) is 0 Å². The second kappa shape index (κ2) is 23.7. The summed E-state index contributed by atoms with van der Waals surface area (Å²) >= 11 is 0. The van der Waals surface area contributed by atoms with Crippen LogP contribution in [0.1, 0.15) is 68.2 Å². The molecule has 0 nitrogen and oxygen atoms in total. The van der Waals surface area contributed by atoms with Crippen LogP contribution in [-0.4, -0.2) is 0 Å². The minimum Gasteiger partial charge on any atom is -0.0856 e. The van der Waals surface area contributed by atoms with Gasteiger partial charge in [-0.15, -0.1) is 0 Å². The van der Waals surface area contributed by atoms with Gasteiger partial charge in [-0.05, 0) is 68.2 Å². The predicted octanol–water partition coefficient (Wildman–Crippen LogP) is 11.9. The van der Waals surface area contributed by atoms with Gasteiger partial charge in [0, 0.05) is 0 Å². The maximum Gasteiger partial charge on any atom is -0.0313 e. The van der Waals surface area contributed by atoms with Crippen molar-refractivity contribution >= 4 is 0 Å². The van der Waals surface area contributed by atoms with Crippen molar-refractivity contribution in [2.45, 2.75) is 68.2 Å². The topological polar surface area (TPSA) is 0 Å². The second-order valence-corrected chi connectivity index (χ2v) is 9.76. The molecule has 0 aromatic carbocycles. The normalized spacial score (nSPS) is 14.8. The van der Waals surface area contributed by atoms with Gasteiger partial charge in [0.2, 0.25) is 0 Å². The third-order valence-corrected chi connectivity index (χ3v) is 4.99. The molecular weight excluding hydrogens is 456 g/mol. The first-order chi connectivity index (χ1) is 18.2. The molecule has 0 unspecified atom stereocenters. The molecule has 0 saturated heterocycles. The number of hydrogen-bond donors (Lipinski definition) is 0. The SMILES string of the molecule is CC(C)=C/C=C/C(C)=C/C=C/C(C)=C/C=C/C=C/C=C/C=C(C)/C=C/C=C(C)/C=C/C=C/CCC=C(C)C. The first kappa shape index (κ1) is 34.4. The fraction of sp³-hybridized carbons (Fsp3) is 0.263. The van der Waals surface area contributed by atoms with Crippen molar-refractivity contribution in [1.82, 2.24) is 0 Å². The highest BCUT2D eigenvalue weighted by Crippen LogP contribution is 2.03. The molecule has 0 aromatic heterocycles. The van der Waals surface area contributed by atoms with Crippen LogP contribution in [-0.2, 0) is 0 Å². The molecule has 0 aliphatic carbocycles. The van der Waals surface area contributed by atoms with E-state index in [9.17, 15) is 0 Å². The summed E-state index contributed by atoms with van der Waals surface area (Å²) in [6, 6.07) is 0. The third-order valence-electron chi connectivity index (χ3n) is 4.99. The van der Waals surface area contributed by atoms with Crippen LogP contribution in [0.25, 0.3) is 0 Å². The van der Waals surface area contributed by atoms with Gasteiger partial charge in [-0.25, -0.2) is 0 Å². The Bertz CT molecular complexity index is 1090. The van der Waals surface area contributed by atoms with Gasteiger partial charge in [-0.2, -0.15) is 0 Å². The molecule has 0 radical (unpaired) electrons. The standard InChI is InChI=1S/C38H50/c1-33(2)23-16-12-11-15-19-27-37(7)30-21-29-35(5)25-17-13-9-10-14-18-26-36(6)31-22-32-38(8)28-20-24-34(3)4/h9-11,13-15,17-32H,12,16H2,1-8H3/b10-9+,15-11+,17-13+,18-14+,27-19+,28-20+,29-21+,31-22+,35-25+,36-26+,37-30+,38-32+. The molecule has 0 aliphatic rings. The van der Waals surface area contributed by atoms with Crippen LogP contribution in [0.4, 0.5) is 0 Å². The molecule has 0 rings (SSSR count). The number of unbranched alkanes of at least 4 members (excludes halogenated alkanes) is 1. The van der Waals surface area contributed by atoms with Crippen LogP contribution in [0.15, 0.2) is 167 Å². The molecule has 0 N–H and O–H groups in total. The number of allylic oxidation sites excluding steroid dienone is 28. The molecule has 202 valence electrons. The van der Waals surface area contributed by atoms with Crippen LogP contribution in [0.5, 0.6) is 0 Å². The lowest BCUT2D eigenvalue weighted by Gasteiger charge is -1.90. The molecule has 0 bridgehead atoms. The van der Waals surface area contributed by atoms with E-state index in [1.54, 1.807) is 0 Å². The maximum absolute atomic E-state index is 2.27. The minimum absolute atomic E-state index is 1.09. The largest absolute Gasteiger partial charge is 0.0856 e. The maximum atomic E-state index is 2.27. The molecule has 0 saturated carbocycles. The van der Waals surface area contributed by atoms with Gasteiger partial charge in [0.25, 0.3) is 0 Å². The molecule has 0 fully saturated rings. The Hall–Kier alpha value is -3.64. The summed E-state index contributed by atoms with van der Waals surface area (Å²) < 4.78 is 0. The highest BCUT2D eigenvalue weighted by Gasteiger charge is 1.82. The Morgan fingerprint density at radius 2 is 0.737 bits per heavy atom. The van der Waals surface area contributed by atoms with Crippen molar-refractivity contribution in [1.29, 1.82) is 0 Å². The molecule has 0 atom stereocenters. The summed E-state index contributed by atoms with van der Waals surface area (Å²) in [7, 11) is 0. The average Bonchev–Trinajstić information content (AvgIpc) is 2.84. The second-order valence-electron chi connectivity index (χ2n) is 9.76. The zero-order valence-electron chi connectivity index (χ0n) is 25.1. The van der Waals surface area contributed by atoms with Crippen LogP contribution < -0.4 is 0 Å². The van der Waals surface area contributed by atoms with Crippen LogP contribution in [0.2, 0.25) is 0 Å². The highest BCUT2D eigenvalue weighted by molar-refractivity contribution is 5.31. The van der Waals surface area contributed by atoms with E-state index in [0.717, 1.165) is 12.8 Å². The van der Waals surface area contributed by atoms with Crippen LogP contribution in [0, 0.1) is 0 Å². The van der Waals surface area contributed by atoms with E-state index in [1.807, 2.05) is 24.3 Å². The summed E-state index contributed by atoms with van der Waals surface area (Å²) in [6.45, 7) is 16.9. The highest BCUT2D eigenvalue weighted by atomic mass is 13.9. The third kappa shape index (κ3) is 25.5. The zero-order valence-corrected chi connectivity index (χ0v) is 25.1. The Labute approximate surface area is 235 Å². The fourth-order valence-electron chi connectivity index (χ4n) is 2.84. The van der Waals surface area contributed by atoms with Gasteiger partial charge < -0.3 is 0 Å². The van der Waals surface area contributed by atoms with E-state index >= 15 is 0 Å². The average molecular weight is 507 g/mol. The Morgan fingerprint density at radius 1 is 0.342 bits per heavy atom. The summed E-state index contributed by atoms with van der Waals surface area (Å²) in [5.74, 6) is 0. The molecule has 0 heterocycles. The van der Waals surface area contributed by atoms with E-state index < -0.39 is 0 Å². The Kier molecular flexibility index (Phi) is 21.5. The lowest BCUT2D eigenvalue weighted by atomic mass is 10.2. The molecule has 0 heteroatoms. The first-order valence-electron chi connectivity index (χ1n) is 13.5. The number of hydrogen-bond acceptors (Lipinski definition) is 0. The van der Waals surface area contributed by atoms with Crippen molar-refractivity contribution in [3.63, 3.8) is 0 Å². The molecule has 0 aliphatic heterocycles. The Morgan fingerprint density at radius 3 is 1.18 bits per heavy atom.